The molecule has 4 rings (SSSR count). The maximum Gasteiger partial charge on any atom is 0.196 e. The molecule has 1 N–H and O–H groups in total. The summed E-state index contributed by atoms with van der Waals surface area (Å²) in [6.07, 6.45) is -0.851. The lowest BCUT2D eigenvalue weighted by atomic mass is 10.1. The molecule has 3 aromatic carbocycles. The van der Waals surface area contributed by atoms with Gasteiger partial charge in [0.2, 0.25) is 0 Å². The molecule has 0 fully saturated rings. The standard InChI is InChI=1S/C22H18BrN3OS/c23-18-13-11-16(12-14-18)15-28-22-25-24-21(20(27)17-7-3-1-4-8-17)26(22)19-9-5-2-6-10-19/h1-14,20,27H,15H2/t20-/m0/s1. The third-order valence-corrected chi connectivity index (χ3v) is 5.84. The van der Waals surface area contributed by atoms with Gasteiger partial charge in [-0.25, -0.2) is 0 Å². The number of halogens is 1. The Morgan fingerprint density at radius 1 is 0.857 bits per heavy atom. The molecule has 0 bridgehead atoms. The quantitative estimate of drug-likeness (QED) is 0.398. The van der Waals surface area contributed by atoms with Crippen LogP contribution in [-0.4, -0.2) is 19.9 Å². The lowest BCUT2D eigenvalue weighted by molar-refractivity contribution is 0.207. The summed E-state index contributed by atoms with van der Waals surface area (Å²) in [5, 5.41) is 20.4. The summed E-state index contributed by atoms with van der Waals surface area (Å²) in [5.74, 6) is 1.27. The van der Waals surface area contributed by atoms with Gasteiger partial charge in [-0.2, -0.15) is 0 Å². The average Bonchev–Trinajstić information content (AvgIpc) is 3.18. The normalized spacial score (nSPS) is 12.1. The summed E-state index contributed by atoms with van der Waals surface area (Å²) in [4.78, 5) is 0. The minimum atomic E-state index is -0.851. The van der Waals surface area contributed by atoms with Crippen LogP contribution in [-0.2, 0) is 5.75 Å². The van der Waals surface area contributed by atoms with Crippen molar-refractivity contribution in [3.05, 3.63) is 106 Å². The van der Waals surface area contributed by atoms with Crippen LogP contribution in [0.5, 0.6) is 0 Å². The first-order valence-electron chi connectivity index (χ1n) is 8.83. The van der Waals surface area contributed by atoms with Crippen LogP contribution in [0.15, 0.2) is 94.6 Å². The molecular formula is C22H18BrN3OS. The predicted octanol–water partition coefficient (Wildman–Crippen LogP) is 5.40. The fourth-order valence-electron chi connectivity index (χ4n) is 2.88. The maximum atomic E-state index is 10.9. The number of thioether (sulfide) groups is 1. The number of benzene rings is 3. The molecular weight excluding hydrogens is 434 g/mol. The molecule has 4 nitrogen and oxygen atoms in total. The Balaban J connectivity index is 1.68. The zero-order valence-corrected chi connectivity index (χ0v) is 17.3. The van der Waals surface area contributed by atoms with Crippen molar-refractivity contribution in [2.24, 2.45) is 0 Å². The smallest absolute Gasteiger partial charge is 0.196 e. The van der Waals surface area contributed by atoms with E-state index in [4.69, 9.17) is 0 Å². The molecule has 0 aliphatic heterocycles. The Hall–Kier alpha value is -2.41. The van der Waals surface area contributed by atoms with E-state index in [1.807, 2.05) is 77.4 Å². The first-order valence-corrected chi connectivity index (χ1v) is 10.6. The second kappa shape index (κ2) is 8.73. The second-order valence-corrected chi connectivity index (χ2v) is 8.10. The number of aromatic nitrogens is 3. The van der Waals surface area contributed by atoms with Crippen molar-refractivity contribution in [3.63, 3.8) is 0 Å². The van der Waals surface area contributed by atoms with Crippen LogP contribution in [0.1, 0.15) is 23.1 Å². The molecule has 1 heterocycles. The molecule has 4 aromatic rings. The first-order chi connectivity index (χ1) is 13.7. The maximum absolute atomic E-state index is 10.9. The summed E-state index contributed by atoms with van der Waals surface area (Å²) in [7, 11) is 0. The first kappa shape index (κ1) is 18.9. The number of hydrogen-bond donors (Lipinski definition) is 1. The number of hydrogen-bond acceptors (Lipinski definition) is 4. The molecule has 1 aromatic heterocycles. The van der Waals surface area contributed by atoms with Gasteiger partial charge in [0, 0.05) is 15.9 Å². The van der Waals surface area contributed by atoms with Crippen LogP contribution in [0.2, 0.25) is 0 Å². The van der Waals surface area contributed by atoms with E-state index >= 15 is 0 Å². The summed E-state index contributed by atoms with van der Waals surface area (Å²) in [6.45, 7) is 0. The molecule has 28 heavy (non-hydrogen) atoms. The minimum Gasteiger partial charge on any atom is -0.380 e. The predicted molar refractivity (Wildman–Crippen MR) is 116 cm³/mol. The van der Waals surface area contributed by atoms with Crippen LogP contribution in [0.25, 0.3) is 5.69 Å². The molecule has 1 atom stereocenters. The Morgan fingerprint density at radius 3 is 2.18 bits per heavy atom. The van der Waals surface area contributed by atoms with Gasteiger partial charge in [0.25, 0.3) is 0 Å². The Kier molecular flexibility index (Phi) is 5.90. The fraction of sp³-hybridized carbons (Fsp3) is 0.0909. The molecule has 0 spiro atoms. The summed E-state index contributed by atoms with van der Waals surface area (Å²) < 4.78 is 2.99. The SMILES string of the molecule is O[C@@H](c1ccccc1)c1nnc(SCc2ccc(Br)cc2)n1-c1ccccc1. The van der Waals surface area contributed by atoms with Crippen molar-refractivity contribution in [2.75, 3.05) is 0 Å². The molecule has 0 amide bonds. The Labute approximate surface area is 176 Å². The van der Waals surface area contributed by atoms with Gasteiger partial charge in [-0.15, -0.1) is 10.2 Å². The van der Waals surface area contributed by atoms with Gasteiger partial charge >= 0.3 is 0 Å². The topological polar surface area (TPSA) is 50.9 Å². The van der Waals surface area contributed by atoms with Crippen molar-refractivity contribution < 1.29 is 5.11 Å². The van der Waals surface area contributed by atoms with Gasteiger partial charge in [-0.3, -0.25) is 4.57 Å². The van der Waals surface area contributed by atoms with Gasteiger partial charge in [-0.1, -0.05) is 88.4 Å². The summed E-state index contributed by atoms with van der Waals surface area (Å²) in [6, 6.07) is 27.7. The highest BCUT2D eigenvalue weighted by Gasteiger charge is 2.22. The van der Waals surface area contributed by atoms with Crippen molar-refractivity contribution in [2.45, 2.75) is 17.0 Å². The number of rotatable bonds is 6. The van der Waals surface area contributed by atoms with E-state index in [0.717, 1.165) is 26.6 Å². The zero-order valence-electron chi connectivity index (χ0n) is 14.9. The number of aliphatic hydroxyl groups is 1. The number of nitrogens with zero attached hydrogens (tertiary/aromatic N) is 3. The van der Waals surface area contributed by atoms with Crippen molar-refractivity contribution >= 4 is 27.7 Å². The third-order valence-electron chi connectivity index (χ3n) is 4.31. The fourth-order valence-corrected chi connectivity index (χ4v) is 4.06. The summed E-state index contributed by atoms with van der Waals surface area (Å²) >= 11 is 5.06. The molecule has 0 aliphatic rings. The highest BCUT2D eigenvalue weighted by molar-refractivity contribution is 9.10. The number of aliphatic hydroxyl groups excluding tert-OH is 1. The van der Waals surface area contributed by atoms with Crippen molar-refractivity contribution in [1.82, 2.24) is 14.8 Å². The molecule has 140 valence electrons. The summed E-state index contributed by atoms with van der Waals surface area (Å²) in [5.41, 5.74) is 2.91. The Morgan fingerprint density at radius 2 is 1.50 bits per heavy atom. The average molecular weight is 452 g/mol. The van der Waals surface area contributed by atoms with Crippen LogP contribution in [0, 0.1) is 0 Å². The van der Waals surface area contributed by atoms with E-state index in [1.54, 1.807) is 11.8 Å². The zero-order chi connectivity index (χ0) is 19.3. The van der Waals surface area contributed by atoms with Crippen LogP contribution in [0.3, 0.4) is 0 Å². The van der Waals surface area contributed by atoms with Crippen LogP contribution >= 0.6 is 27.7 Å². The number of para-hydroxylation sites is 1. The molecule has 0 saturated carbocycles. The second-order valence-electron chi connectivity index (χ2n) is 6.24. The highest BCUT2D eigenvalue weighted by Crippen LogP contribution is 2.30. The van der Waals surface area contributed by atoms with Gasteiger partial charge in [-0.05, 0) is 35.4 Å². The van der Waals surface area contributed by atoms with Gasteiger partial charge in [0.1, 0.15) is 6.10 Å². The lowest BCUT2D eigenvalue weighted by Gasteiger charge is -2.14. The van der Waals surface area contributed by atoms with E-state index < -0.39 is 6.10 Å². The van der Waals surface area contributed by atoms with Crippen LogP contribution in [0.4, 0.5) is 0 Å². The van der Waals surface area contributed by atoms with E-state index in [1.165, 1.54) is 5.56 Å². The molecule has 6 heteroatoms. The largest absolute Gasteiger partial charge is 0.380 e. The van der Waals surface area contributed by atoms with Crippen LogP contribution < -0.4 is 0 Å². The Bertz CT molecular complexity index is 1040. The van der Waals surface area contributed by atoms with Crippen molar-refractivity contribution in [3.8, 4) is 5.69 Å². The van der Waals surface area contributed by atoms with E-state index in [2.05, 4.69) is 38.3 Å². The molecule has 0 radical (unpaired) electrons. The lowest BCUT2D eigenvalue weighted by Crippen LogP contribution is -2.09. The van der Waals surface area contributed by atoms with E-state index in [-0.39, 0.29) is 0 Å². The molecule has 0 aliphatic carbocycles. The van der Waals surface area contributed by atoms with Gasteiger partial charge in [0.05, 0.1) is 0 Å². The monoisotopic (exact) mass is 451 g/mol. The molecule has 0 saturated heterocycles. The van der Waals surface area contributed by atoms with Gasteiger partial charge < -0.3 is 5.11 Å². The van der Waals surface area contributed by atoms with E-state index in [9.17, 15) is 5.11 Å². The minimum absolute atomic E-state index is 0.510. The third kappa shape index (κ3) is 4.19. The highest BCUT2D eigenvalue weighted by atomic mass is 79.9. The van der Waals surface area contributed by atoms with Crippen molar-refractivity contribution in [1.29, 1.82) is 0 Å². The molecule has 0 unspecified atom stereocenters. The van der Waals surface area contributed by atoms with Gasteiger partial charge in [0.15, 0.2) is 11.0 Å². The van der Waals surface area contributed by atoms with E-state index in [0.29, 0.717) is 5.82 Å².